The normalized spacial score (nSPS) is 18.4. The summed E-state index contributed by atoms with van der Waals surface area (Å²) in [6.07, 6.45) is 0.520. The molecule has 5 heteroatoms. The van der Waals surface area contributed by atoms with Gasteiger partial charge < -0.3 is 10.5 Å². The number of fused-ring (bicyclic) bond motifs is 1. The molecule has 17 heavy (non-hydrogen) atoms. The van der Waals surface area contributed by atoms with E-state index in [4.69, 9.17) is 10.5 Å². The molecule has 0 saturated carbocycles. The Balaban J connectivity index is 2.63. The van der Waals surface area contributed by atoms with E-state index < -0.39 is 9.84 Å². The van der Waals surface area contributed by atoms with Crippen LogP contribution < -0.4 is 10.5 Å². The molecular formula is C12H15NO3S. The van der Waals surface area contributed by atoms with Crippen LogP contribution in [0.5, 0.6) is 5.75 Å². The van der Waals surface area contributed by atoms with Crippen LogP contribution in [-0.2, 0) is 9.84 Å². The SMILES string of the molecule is COc1cccc2c1C(CC(C)N)=CS2(=O)=O. The lowest BCUT2D eigenvalue weighted by Gasteiger charge is -2.11. The quantitative estimate of drug-likeness (QED) is 0.887. The van der Waals surface area contributed by atoms with Crippen molar-refractivity contribution in [3.63, 3.8) is 0 Å². The number of ether oxygens (including phenoxy) is 1. The van der Waals surface area contributed by atoms with E-state index >= 15 is 0 Å². The first-order valence-corrected chi connectivity index (χ1v) is 6.89. The first-order valence-electron chi connectivity index (χ1n) is 5.34. The molecule has 0 aromatic heterocycles. The first kappa shape index (κ1) is 12.1. The Morgan fingerprint density at radius 1 is 1.41 bits per heavy atom. The topological polar surface area (TPSA) is 69.4 Å². The Labute approximate surface area is 101 Å². The Morgan fingerprint density at radius 3 is 2.71 bits per heavy atom. The Morgan fingerprint density at radius 2 is 2.12 bits per heavy atom. The number of benzene rings is 1. The Hall–Kier alpha value is -1.33. The maximum Gasteiger partial charge on any atom is 0.200 e. The van der Waals surface area contributed by atoms with Crippen molar-refractivity contribution in [1.29, 1.82) is 0 Å². The van der Waals surface area contributed by atoms with E-state index in [1.807, 2.05) is 6.92 Å². The second-order valence-electron chi connectivity index (χ2n) is 4.20. The van der Waals surface area contributed by atoms with Gasteiger partial charge in [-0.05, 0) is 31.1 Å². The molecule has 2 N–H and O–H groups in total. The van der Waals surface area contributed by atoms with Crippen LogP contribution in [0.1, 0.15) is 18.9 Å². The molecule has 2 rings (SSSR count). The second kappa shape index (κ2) is 4.16. The van der Waals surface area contributed by atoms with Gasteiger partial charge in [0.05, 0.1) is 12.0 Å². The summed E-state index contributed by atoms with van der Waals surface area (Å²) >= 11 is 0. The third kappa shape index (κ3) is 2.08. The van der Waals surface area contributed by atoms with Gasteiger partial charge in [0.15, 0.2) is 0 Å². The van der Waals surface area contributed by atoms with Crippen LogP contribution in [0.15, 0.2) is 28.5 Å². The van der Waals surface area contributed by atoms with E-state index in [1.54, 1.807) is 18.2 Å². The summed E-state index contributed by atoms with van der Waals surface area (Å²) in [6.45, 7) is 1.85. The van der Waals surface area contributed by atoms with Crippen LogP contribution in [-0.4, -0.2) is 21.6 Å². The number of rotatable bonds is 3. The monoisotopic (exact) mass is 253 g/mol. The molecule has 1 aliphatic heterocycles. The summed E-state index contributed by atoms with van der Waals surface area (Å²) in [5, 5.41) is 1.30. The molecule has 92 valence electrons. The van der Waals surface area contributed by atoms with Gasteiger partial charge in [-0.1, -0.05) is 6.07 Å². The van der Waals surface area contributed by atoms with Crippen molar-refractivity contribution < 1.29 is 13.2 Å². The van der Waals surface area contributed by atoms with Gasteiger partial charge in [-0.2, -0.15) is 0 Å². The van der Waals surface area contributed by atoms with Crippen molar-refractivity contribution in [2.24, 2.45) is 5.73 Å². The Kier molecular flexibility index (Phi) is 2.97. The second-order valence-corrected chi connectivity index (χ2v) is 5.97. The highest BCUT2D eigenvalue weighted by molar-refractivity contribution is 7.95. The van der Waals surface area contributed by atoms with E-state index in [2.05, 4.69) is 0 Å². The van der Waals surface area contributed by atoms with E-state index in [1.165, 1.54) is 12.5 Å². The average molecular weight is 253 g/mol. The largest absolute Gasteiger partial charge is 0.496 e. The average Bonchev–Trinajstić information content (AvgIpc) is 2.50. The lowest BCUT2D eigenvalue weighted by molar-refractivity contribution is 0.412. The highest BCUT2D eigenvalue weighted by atomic mass is 32.2. The van der Waals surface area contributed by atoms with Gasteiger partial charge in [0.1, 0.15) is 5.75 Å². The molecule has 0 spiro atoms. The van der Waals surface area contributed by atoms with E-state index in [9.17, 15) is 8.42 Å². The minimum atomic E-state index is -3.33. The molecule has 0 radical (unpaired) electrons. The van der Waals surface area contributed by atoms with Crippen LogP contribution in [0.25, 0.3) is 5.57 Å². The van der Waals surface area contributed by atoms with Crippen molar-refractivity contribution in [3.8, 4) is 5.75 Å². The molecule has 0 saturated heterocycles. The van der Waals surface area contributed by atoms with Gasteiger partial charge in [0.25, 0.3) is 0 Å². The van der Waals surface area contributed by atoms with Gasteiger partial charge in [-0.25, -0.2) is 8.42 Å². The number of nitrogens with two attached hydrogens (primary N) is 1. The summed E-state index contributed by atoms with van der Waals surface area (Å²) in [7, 11) is -1.80. The molecule has 0 fully saturated rings. The highest BCUT2D eigenvalue weighted by Crippen LogP contribution is 2.41. The fourth-order valence-electron chi connectivity index (χ4n) is 2.04. The molecule has 1 unspecified atom stereocenters. The van der Waals surface area contributed by atoms with Crippen molar-refractivity contribution in [2.75, 3.05) is 7.11 Å². The minimum Gasteiger partial charge on any atom is -0.496 e. The number of hydrogen-bond donors (Lipinski definition) is 1. The molecule has 0 aliphatic carbocycles. The zero-order valence-corrected chi connectivity index (χ0v) is 10.6. The predicted molar refractivity (Wildman–Crippen MR) is 66.4 cm³/mol. The third-order valence-corrected chi connectivity index (χ3v) is 4.22. The Bertz CT molecular complexity index is 573. The molecule has 1 aliphatic rings. The lowest BCUT2D eigenvalue weighted by Crippen LogP contribution is -2.14. The molecule has 0 bridgehead atoms. The smallest absolute Gasteiger partial charge is 0.200 e. The summed E-state index contributed by atoms with van der Waals surface area (Å²) in [6, 6.07) is 4.94. The fraction of sp³-hybridized carbons (Fsp3) is 0.333. The molecule has 0 amide bonds. The zero-order valence-electron chi connectivity index (χ0n) is 9.80. The molecular weight excluding hydrogens is 238 g/mol. The molecule has 1 atom stereocenters. The van der Waals surface area contributed by atoms with Crippen LogP contribution in [0.4, 0.5) is 0 Å². The maximum absolute atomic E-state index is 11.9. The van der Waals surface area contributed by atoms with E-state index in [-0.39, 0.29) is 6.04 Å². The van der Waals surface area contributed by atoms with Crippen molar-refractivity contribution in [2.45, 2.75) is 24.3 Å². The summed E-state index contributed by atoms with van der Waals surface area (Å²) in [4.78, 5) is 0.313. The van der Waals surface area contributed by atoms with Crippen LogP contribution >= 0.6 is 0 Å². The summed E-state index contributed by atoms with van der Waals surface area (Å²) in [5.74, 6) is 0.579. The first-order chi connectivity index (χ1) is 7.95. The lowest BCUT2D eigenvalue weighted by atomic mass is 10.0. The van der Waals surface area contributed by atoms with Gasteiger partial charge in [0, 0.05) is 17.0 Å². The maximum atomic E-state index is 11.9. The molecule has 1 aromatic rings. The van der Waals surface area contributed by atoms with Crippen LogP contribution in [0, 0.1) is 0 Å². The predicted octanol–water partition coefficient (Wildman–Crippen LogP) is 1.56. The number of hydrogen-bond acceptors (Lipinski definition) is 4. The highest BCUT2D eigenvalue weighted by Gasteiger charge is 2.29. The van der Waals surface area contributed by atoms with Crippen LogP contribution in [0.2, 0.25) is 0 Å². The van der Waals surface area contributed by atoms with Gasteiger partial charge in [-0.15, -0.1) is 0 Å². The standard InChI is InChI=1S/C12H15NO3S/c1-8(13)6-9-7-17(14,15)11-5-3-4-10(16-2)12(9)11/h3-5,7-8H,6,13H2,1-2H3. The van der Waals surface area contributed by atoms with Crippen molar-refractivity contribution in [3.05, 3.63) is 29.2 Å². The van der Waals surface area contributed by atoms with E-state index in [0.717, 1.165) is 5.57 Å². The zero-order chi connectivity index (χ0) is 12.6. The molecule has 4 nitrogen and oxygen atoms in total. The molecule has 1 heterocycles. The minimum absolute atomic E-state index is 0.0905. The van der Waals surface area contributed by atoms with Gasteiger partial charge in [-0.3, -0.25) is 0 Å². The third-order valence-electron chi connectivity index (χ3n) is 2.67. The fourth-order valence-corrected chi connectivity index (χ4v) is 3.54. The number of sulfone groups is 1. The molecule has 1 aromatic carbocycles. The van der Waals surface area contributed by atoms with Crippen molar-refractivity contribution >= 4 is 15.4 Å². The summed E-state index contributed by atoms with van der Waals surface area (Å²) in [5.41, 5.74) is 7.12. The van der Waals surface area contributed by atoms with Crippen LogP contribution in [0.3, 0.4) is 0 Å². The van der Waals surface area contributed by atoms with E-state index in [0.29, 0.717) is 22.6 Å². The van der Waals surface area contributed by atoms with Gasteiger partial charge >= 0.3 is 0 Å². The van der Waals surface area contributed by atoms with Gasteiger partial charge in [0.2, 0.25) is 9.84 Å². The van der Waals surface area contributed by atoms with Crippen molar-refractivity contribution in [1.82, 2.24) is 0 Å². The summed E-state index contributed by atoms with van der Waals surface area (Å²) < 4.78 is 29.1. The number of methoxy groups -OCH3 is 1.